The van der Waals surface area contributed by atoms with E-state index in [1.54, 1.807) is 29.0 Å². The van der Waals surface area contributed by atoms with E-state index in [1.165, 1.54) is 0 Å². The number of nitrogens with zero attached hydrogens (tertiary/aromatic N) is 4. The maximum atomic E-state index is 13.0. The molecule has 2 saturated heterocycles. The van der Waals surface area contributed by atoms with Crippen molar-refractivity contribution in [3.63, 3.8) is 0 Å². The zero-order valence-corrected chi connectivity index (χ0v) is 18.8. The van der Waals surface area contributed by atoms with Gasteiger partial charge in [0.15, 0.2) is 0 Å². The predicted octanol–water partition coefficient (Wildman–Crippen LogP) is 0.733. The van der Waals surface area contributed by atoms with Crippen molar-refractivity contribution in [1.29, 1.82) is 0 Å². The quantitative estimate of drug-likeness (QED) is 0.657. The first-order valence-corrected chi connectivity index (χ1v) is 10.6. The van der Waals surface area contributed by atoms with Crippen molar-refractivity contribution in [3.05, 3.63) is 18.2 Å². The Kier molecular flexibility index (Phi) is 8.18. The number of aryl methyl sites for hydroxylation is 1. The number of carbonyl (C=O) groups excluding carboxylic acids is 3. The zero-order valence-electron chi connectivity index (χ0n) is 18.8. The molecular formula is C21H33N5O5. The van der Waals surface area contributed by atoms with Crippen LogP contribution in [0, 0.1) is 11.8 Å². The molecule has 0 unspecified atom stereocenters. The number of amides is 3. The third-order valence-corrected chi connectivity index (χ3v) is 5.48. The molecule has 2 N–H and O–H groups in total. The summed E-state index contributed by atoms with van der Waals surface area (Å²) in [5, 5.41) is 9.89. The highest BCUT2D eigenvalue weighted by Gasteiger charge is 2.50. The van der Waals surface area contributed by atoms with Gasteiger partial charge >= 0.3 is 0 Å². The van der Waals surface area contributed by atoms with Gasteiger partial charge in [0.2, 0.25) is 11.8 Å². The van der Waals surface area contributed by atoms with Crippen molar-refractivity contribution in [3.8, 4) is 0 Å². The molecule has 0 bridgehead atoms. The molecular weight excluding hydrogens is 402 g/mol. The molecule has 10 nitrogen and oxygen atoms in total. The summed E-state index contributed by atoms with van der Waals surface area (Å²) in [7, 11) is 1.80. The van der Waals surface area contributed by atoms with Gasteiger partial charge in [-0.15, -0.1) is 0 Å². The third kappa shape index (κ3) is 5.83. The molecule has 3 rings (SSSR count). The number of fused-ring (bicyclic) bond motifs is 1. The van der Waals surface area contributed by atoms with Crippen LogP contribution in [0.5, 0.6) is 0 Å². The van der Waals surface area contributed by atoms with Crippen molar-refractivity contribution in [1.82, 2.24) is 24.7 Å². The van der Waals surface area contributed by atoms with E-state index < -0.39 is 0 Å². The van der Waals surface area contributed by atoms with Crippen LogP contribution in [0.1, 0.15) is 51.0 Å². The average molecular weight is 436 g/mol. The first-order chi connectivity index (χ1) is 14.6. The van der Waals surface area contributed by atoms with Crippen LogP contribution < -0.4 is 5.32 Å². The summed E-state index contributed by atoms with van der Waals surface area (Å²) < 4.78 is 1.71. The molecule has 0 spiro atoms. The van der Waals surface area contributed by atoms with Crippen LogP contribution in [0.2, 0.25) is 0 Å². The number of carboxylic acid groups (broad SMARTS) is 1. The molecule has 0 aromatic carbocycles. The lowest BCUT2D eigenvalue weighted by molar-refractivity contribution is -0.140. The number of imidazole rings is 1. The molecule has 0 saturated carbocycles. The van der Waals surface area contributed by atoms with Crippen molar-refractivity contribution < 1.29 is 24.3 Å². The van der Waals surface area contributed by atoms with Crippen LogP contribution in [0.25, 0.3) is 0 Å². The lowest BCUT2D eigenvalue weighted by Crippen LogP contribution is -2.58. The number of nitrogens with one attached hydrogen (secondary N) is 1. The molecule has 1 aromatic rings. The van der Waals surface area contributed by atoms with E-state index in [4.69, 9.17) is 9.90 Å². The van der Waals surface area contributed by atoms with E-state index in [9.17, 15) is 14.4 Å². The van der Waals surface area contributed by atoms with Gasteiger partial charge < -0.3 is 24.8 Å². The summed E-state index contributed by atoms with van der Waals surface area (Å²) in [6, 6.07) is -0.174. The molecule has 10 heteroatoms. The van der Waals surface area contributed by atoms with Crippen LogP contribution >= 0.6 is 0 Å². The summed E-state index contributed by atoms with van der Waals surface area (Å²) in [4.78, 5) is 54.5. The Hall–Kier alpha value is -2.91. The van der Waals surface area contributed by atoms with E-state index in [-0.39, 0.29) is 54.8 Å². The van der Waals surface area contributed by atoms with E-state index in [2.05, 4.69) is 24.1 Å². The Morgan fingerprint density at radius 3 is 2.48 bits per heavy atom. The Balaban J connectivity index is 0.00000107. The minimum absolute atomic E-state index is 0.00505. The van der Waals surface area contributed by atoms with Crippen LogP contribution in [0.15, 0.2) is 12.5 Å². The molecule has 172 valence electrons. The monoisotopic (exact) mass is 435 g/mol. The average Bonchev–Trinajstić information content (AvgIpc) is 3.25. The first kappa shape index (κ1) is 24.4. The molecule has 3 amide bonds. The van der Waals surface area contributed by atoms with Gasteiger partial charge in [-0.3, -0.25) is 19.2 Å². The number of hydrogen-bond acceptors (Lipinski definition) is 5. The van der Waals surface area contributed by atoms with Gasteiger partial charge in [0.1, 0.15) is 12.2 Å². The van der Waals surface area contributed by atoms with Crippen molar-refractivity contribution >= 4 is 24.2 Å². The lowest BCUT2D eigenvalue weighted by Gasteiger charge is -2.40. The molecule has 31 heavy (non-hydrogen) atoms. The number of rotatable bonds is 5. The van der Waals surface area contributed by atoms with Crippen LogP contribution in [-0.2, 0) is 21.4 Å². The van der Waals surface area contributed by atoms with Gasteiger partial charge in [-0.2, -0.15) is 0 Å². The Bertz CT molecular complexity index is 806. The Morgan fingerprint density at radius 1 is 1.32 bits per heavy atom. The number of aromatic nitrogens is 2. The summed E-state index contributed by atoms with van der Waals surface area (Å²) in [5.74, 6) is -0.164. The molecule has 3 heterocycles. The maximum Gasteiger partial charge on any atom is 0.290 e. The van der Waals surface area contributed by atoms with Crippen LogP contribution in [-0.4, -0.2) is 79.9 Å². The van der Waals surface area contributed by atoms with Gasteiger partial charge in [-0.05, 0) is 32.6 Å². The standard InChI is InChI=1S/C20H31N5O3.CH2O2/c1-12(2)6-17-15(19(27)22-13(3)4)7-14-8-24(10-18(26)25(14)17)20(28)16-9-23(5)11-21-16;2-1-3/h9,11-15,17H,6-8,10H2,1-5H3,(H,22,27);1H,(H,2,3)/t14-,15-,17-;/m0./s1. The minimum atomic E-state index is -0.250. The second-order valence-electron chi connectivity index (χ2n) is 8.87. The fraction of sp³-hybridized carbons (Fsp3) is 0.667. The Morgan fingerprint density at radius 2 is 1.97 bits per heavy atom. The van der Waals surface area contributed by atoms with Crippen molar-refractivity contribution in [2.45, 2.75) is 58.7 Å². The van der Waals surface area contributed by atoms with Crippen LogP contribution in [0.3, 0.4) is 0 Å². The predicted molar refractivity (Wildman–Crippen MR) is 113 cm³/mol. The van der Waals surface area contributed by atoms with Gasteiger partial charge in [0.25, 0.3) is 12.4 Å². The summed E-state index contributed by atoms with van der Waals surface area (Å²) in [6.07, 6.45) is 4.61. The fourth-order valence-electron chi connectivity index (χ4n) is 4.42. The number of hydrogen-bond donors (Lipinski definition) is 2. The van der Waals surface area contributed by atoms with E-state index in [0.717, 1.165) is 6.42 Å². The summed E-state index contributed by atoms with van der Waals surface area (Å²) >= 11 is 0. The van der Waals surface area contributed by atoms with E-state index in [1.807, 2.05) is 18.7 Å². The van der Waals surface area contributed by atoms with E-state index >= 15 is 0 Å². The highest BCUT2D eigenvalue weighted by Crippen LogP contribution is 2.36. The topological polar surface area (TPSA) is 125 Å². The second kappa shape index (κ2) is 10.4. The number of piperazine rings is 1. The molecule has 3 atom stereocenters. The Labute approximate surface area is 182 Å². The summed E-state index contributed by atoms with van der Waals surface area (Å²) in [5.41, 5.74) is 0.342. The van der Waals surface area contributed by atoms with Gasteiger partial charge in [0, 0.05) is 31.9 Å². The molecule has 0 radical (unpaired) electrons. The second-order valence-corrected chi connectivity index (χ2v) is 8.87. The molecule has 2 aliphatic heterocycles. The zero-order chi connectivity index (χ0) is 23.3. The molecule has 1 aromatic heterocycles. The van der Waals surface area contributed by atoms with E-state index in [0.29, 0.717) is 24.6 Å². The highest BCUT2D eigenvalue weighted by atomic mass is 16.3. The molecule has 2 fully saturated rings. The summed E-state index contributed by atoms with van der Waals surface area (Å²) in [6.45, 7) is 8.33. The van der Waals surface area contributed by atoms with Crippen LogP contribution in [0.4, 0.5) is 0 Å². The normalized spacial score (nSPS) is 22.8. The highest BCUT2D eigenvalue weighted by molar-refractivity contribution is 5.96. The largest absolute Gasteiger partial charge is 0.483 e. The van der Waals surface area contributed by atoms with Gasteiger partial charge in [0.05, 0.1) is 18.3 Å². The smallest absolute Gasteiger partial charge is 0.290 e. The van der Waals surface area contributed by atoms with Crippen molar-refractivity contribution in [2.24, 2.45) is 18.9 Å². The first-order valence-electron chi connectivity index (χ1n) is 10.6. The van der Waals surface area contributed by atoms with Gasteiger partial charge in [-0.25, -0.2) is 4.98 Å². The van der Waals surface area contributed by atoms with Gasteiger partial charge in [-0.1, -0.05) is 13.8 Å². The number of carbonyl (C=O) groups is 4. The third-order valence-electron chi connectivity index (χ3n) is 5.48. The maximum absolute atomic E-state index is 13.0. The molecule has 0 aliphatic carbocycles. The lowest BCUT2D eigenvalue weighted by atomic mass is 9.91. The SMILES string of the molecule is CC(C)C[C@H]1[C@@H](C(=O)NC(C)C)C[C@H]2CN(C(=O)c3cn(C)cn3)CC(=O)N21.O=CO. The fourth-order valence-corrected chi connectivity index (χ4v) is 4.42. The van der Waals surface area contributed by atoms with Crippen molar-refractivity contribution in [2.75, 3.05) is 13.1 Å². The minimum Gasteiger partial charge on any atom is -0.483 e. The molecule has 2 aliphatic rings.